The van der Waals surface area contributed by atoms with Crippen LogP contribution in [0.1, 0.15) is 11.1 Å². The molecule has 0 saturated heterocycles. The van der Waals surface area contributed by atoms with Gasteiger partial charge in [-0.1, -0.05) is 0 Å². The molecule has 2 aromatic heterocycles. The third-order valence-corrected chi connectivity index (χ3v) is 3.97. The van der Waals surface area contributed by atoms with E-state index in [9.17, 15) is 22.8 Å². The molecule has 0 atom stereocenters. The van der Waals surface area contributed by atoms with Gasteiger partial charge in [-0.05, 0) is 36.8 Å². The highest BCUT2D eigenvalue weighted by Gasteiger charge is 2.33. The minimum Gasteiger partial charge on any atom is -0.508 e. The van der Waals surface area contributed by atoms with Crippen molar-refractivity contribution < 1.29 is 32.2 Å². The second-order valence-electron chi connectivity index (χ2n) is 6.09. The lowest BCUT2D eigenvalue weighted by molar-refractivity contribution is -0.136. The maximum Gasteiger partial charge on any atom is 0.417 e. The van der Waals surface area contributed by atoms with E-state index < -0.39 is 23.0 Å². The first-order chi connectivity index (χ1) is 13.5. The zero-order valence-electron chi connectivity index (χ0n) is 14.8. The number of fused-ring (bicyclic) bond motifs is 2. The van der Waals surface area contributed by atoms with Gasteiger partial charge in [-0.25, -0.2) is 9.59 Å². The molecule has 2 heterocycles. The smallest absolute Gasteiger partial charge is 0.417 e. The van der Waals surface area contributed by atoms with E-state index in [4.69, 9.17) is 14.6 Å². The standard InChI is InChI=1S/C10H5F3O3.C10H8O3/c11-10(12,13)7-4-9(15)16-8-3-5(14)1-2-6(7)8;1-6-4-10(12)13-9-5-7(11)2-3-8(6)9/h1-4,14H;2-5,11H,1H3. The second kappa shape index (κ2) is 7.34. The Labute approximate surface area is 160 Å². The van der Waals surface area contributed by atoms with Crippen LogP contribution in [0.3, 0.4) is 0 Å². The number of rotatable bonds is 0. The van der Waals surface area contributed by atoms with Crippen molar-refractivity contribution in [3.8, 4) is 11.5 Å². The summed E-state index contributed by atoms with van der Waals surface area (Å²) in [5.74, 6) is -0.170. The maximum absolute atomic E-state index is 12.6. The molecule has 4 aromatic rings. The molecule has 0 radical (unpaired) electrons. The van der Waals surface area contributed by atoms with Gasteiger partial charge in [0.1, 0.15) is 22.7 Å². The van der Waals surface area contributed by atoms with E-state index in [1.807, 2.05) is 6.92 Å². The molecule has 0 spiro atoms. The average Bonchev–Trinajstić information content (AvgIpc) is 2.59. The van der Waals surface area contributed by atoms with E-state index >= 15 is 0 Å². The molecule has 0 aliphatic heterocycles. The summed E-state index contributed by atoms with van der Waals surface area (Å²) in [5.41, 5.74) is -1.59. The molecule has 0 unspecified atom stereocenters. The van der Waals surface area contributed by atoms with E-state index in [2.05, 4.69) is 4.42 Å². The first-order valence-electron chi connectivity index (χ1n) is 8.12. The molecule has 0 saturated carbocycles. The van der Waals surface area contributed by atoms with Crippen molar-refractivity contribution in [1.29, 1.82) is 0 Å². The predicted octanol–water partition coefficient (Wildman–Crippen LogP) is 4.32. The van der Waals surface area contributed by atoms with Crippen LogP contribution in [0.15, 0.2) is 67.0 Å². The molecule has 2 N–H and O–H groups in total. The normalized spacial score (nSPS) is 11.3. The van der Waals surface area contributed by atoms with Gasteiger partial charge in [0.25, 0.3) is 0 Å². The van der Waals surface area contributed by atoms with Crippen molar-refractivity contribution in [2.75, 3.05) is 0 Å². The first-order valence-corrected chi connectivity index (χ1v) is 8.12. The van der Waals surface area contributed by atoms with Gasteiger partial charge in [0.05, 0.1) is 5.56 Å². The van der Waals surface area contributed by atoms with Crippen LogP contribution in [0.4, 0.5) is 13.2 Å². The Morgan fingerprint density at radius 2 is 1.24 bits per heavy atom. The second-order valence-corrected chi connectivity index (χ2v) is 6.09. The van der Waals surface area contributed by atoms with E-state index in [1.54, 1.807) is 12.1 Å². The number of hydrogen-bond donors (Lipinski definition) is 2. The number of phenolic OH excluding ortho intramolecular Hbond substituents is 2. The van der Waals surface area contributed by atoms with Crippen LogP contribution in [0.2, 0.25) is 0 Å². The number of alkyl halides is 3. The lowest BCUT2D eigenvalue weighted by atomic mass is 10.1. The van der Waals surface area contributed by atoms with E-state index in [-0.39, 0.29) is 22.5 Å². The third-order valence-electron chi connectivity index (χ3n) is 3.97. The SMILES string of the molecule is Cc1cc(=O)oc2cc(O)ccc12.O=c1cc(C(F)(F)F)c2ccc(O)cc2o1. The summed E-state index contributed by atoms with van der Waals surface area (Å²) >= 11 is 0. The lowest BCUT2D eigenvalue weighted by Crippen LogP contribution is -2.10. The summed E-state index contributed by atoms with van der Waals surface area (Å²) in [4.78, 5) is 21.9. The predicted molar refractivity (Wildman–Crippen MR) is 98.0 cm³/mol. The minimum absolute atomic E-state index is 0.0984. The van der Waals surface area contributed by atoms with E-state index in [1.165, 1.54) is 12.1 Å². The summed E-state index contributed by atoms with van der Waals surface area (Å²) in [7, 11) is 0. The van der Waals surface area contributed by atoms with Crippen LogP contribution in [-0.2, 0) is 6.18 Å². The molecule has 29 heavy (non-hydrogen) atoms. The number of aromatic hydroxyl groups is 2. The molecule has 0 aliphatic carbocycles. The topological polar surface area (TPSA) is 101 Å². The van der Waals surface area contributed by atoms with Crippen molar-refractivity contribution >= 4 is 21.9 Å². The van der Waals surface area contributed by atoms with Gasteiger partial charge < -0.3 is 19.0 Å². The summed E-state index contributed by atoms with van der Waals surface area (Å²) in [5, 5.41) is 18.8. The Bertz CT molecular complexity index is 1320. The molecule has 0 fully saturated rings. The van der Waals surface area contributed by atoms with Crippen LogP contribution < -0.4 is 11.3 Å². The molecule has 4 rings (SSSR count). The Kier molecular flexibility index (Phi) is 5.06. The Morgan fingerprint density at radius 3 is 1.79 bits per heavy atom. The Balaban J connectivity index is 0.000000169. The molecule has 9 heteroatoms. The number of halogens is 3. The number of aryl methyl sites for hydroxylation is 1. The van der Waals surface area contributed by atoms with Crippen molar-refractivity contribution in [2.24, 2.45) is 0 Å². The van der Waals surface area contributed by atoms with Crippen LogP contribution in [-0.4, -0.2) is 10.2 Å². The van der Waals surface area contributed by atoms with Crippen molar-refractivity contribution in [1.82, 2.24) is 0 Å². The summed E-state index contributed by atoms with van der Waals surface area (Å²) in [6.07, 6.45) is -4.63. The fourth-order valence-corrected chi connectivity index (χ4v) is 2.70. The number of hydrogen-bond acceptors (Lipinski definition) is 6. The minimum atomic E-state index is -4.63. The van der Waals surface area contributed by atoms with Crippen molar-refractivity contribution in [3.05, 3.63) is 80.5 Å². The molecule has 0 amide bonds. The lowest BCUT2D eigenvalue weighted by Gasteiger charge is -2.08. The number of phenols is 2. The highest BCUT2D eigenvalue weighted by Crippen LogP contribution is 2.34. The zero-order chi connectivity index (χ0) is 21.3. The molecule has 0 bridgehead atoms. The van der Waals surface area contributed by atoms with Crippen LogP contribution in [0.25, 0.3) is 21.9 Å². The molecule has 2 aromatic carbocycles. The summed E-state index contributed by atoms with van der Waals surface area (Å²) in [6, 6.07) is 9.65. The first kappa shape index (κ1) is 20.0. The highest BCUT2D eigenvalue weighted by atomic mass is 19.4. The van der Waals surface area contributed by atoms with Crippen LogP contribution in [0.5, 0.6) is 11.5 Å². The molecular weight excluding hydrogens is 393 g/mol. The number of benzene rings is 2. The van der Waals surface area contributed by atoms with Crippen molar-refractivity contribution in [3.63, 3.8) is 0 Å². The molecule has 150 valence electrons. The maximum atomic E-state index is 12.6. The van der Waals surface area contributed by atoms with Gasteiger partial charge in [-0.2, -0.15) is 13.2 Å². The highest BCUT2D eigenvalue weighted by molar-refractivity contribution is 5.82. The van der Waals surface area contributed by atoms with Crippen LogP contribution in [0, 0.1) is 6.92 Å². The summed E-state index contributed by atoms with van der Waals surface area (Å²) in [6.45, 7) is 1.83. The summed E-state index contributed by atoms with van der Waals surface area (Å²) < 4.78 is 47.1. The van der Waals surface area contributed by atoms with Crippen molar-refractivity contribution in [2.45, 2.75) is 13.1 Å². The monoisotopic (exact) mass is 406 g/mol. The average molecular weight is 406 g/mol. The molecule has 0 aliphatic rings. The van der Waals surface area contributed by atoms with Gasteiger partial charge in [0, 0.05) is 35.0 Å². The molecular formula is C20H13F3O6. The van der Waals surface area contributed by atoms with E-state index in [0.29, 0.717) is 11.6 Å². The fraction of sp³-hybridized carbons (Fsp3) is 0.100. The third kappa shape index (κ3) is 4.40. The van der Waals surface area contributed by atoms with Gasteiger partial charge in [0.2, 0.25) is 0 Å². The van der Waals surface area contributed by atoms with Gasteiger partial charge in [-0.15, -0.1) is 0 Å². The van der Waals surface area contributed by atoms with Gasteiger partial charge >= 0.3 is 17.4 Å². The quantitative estimate of drug-likeness (QED) is 0.422. The van der Waals surface area contributed by atoms with Gasteiger partial charge in [-0.3, -0.25) is 0 Å². The van der Waals surface area contributed by atoms with Crippen LogP contribution >= 0.6 is 0 Å². The fourth-order valence-electron chi connectivity index (χ4n) is 2.70. The van der Waals surface area contributed by atoms with E-state index in [0.717, 1.165) is 29.1 Å². The largest absolute Gasteiger partial charge is 0.508 e. The van der Waals surface area contributed by atoms with Gasteiger partial charge in [0.15, 0.2) is 0 Å². The molecule has 6 nitrogen and oxygen atoms in total. The Morgan fingerprint density at radius 1 is 0.759 bits per heavy atom. The Hall–Kier alpha value is -3.75. The zero-order valence-corrected chi connectivity index (χ0v) is 14.8.